The van der Waals surface area contributed by atoms with Crippen molar-refractivity contribution in [3.63, 3.8) is 0 Å². The summed E-state index contributed by atoms with van der Waals surface area (Å²) in [6, 6.07) is 10.3. The van der Waals surface area contributed by atoms with Crippen LogP contribution in [0.5, 0.6) is 5.75 Å². The van der Waals surface area contributed by atoms with Gasteiger partial charge in [0.05, 0.1) is 36.5 Å². The van der Waals surface area contributed by atoms with Gasteiger partial charge in [0.1, 0.15) is 24.2 Å². The number of nitrogens with zero attached hydrogens (tertiary/aromatic N) is 6. The van der Waals surface area contributed by atoms with Gasteiger partial charge >= 0.3 is 0 Å². The van der Waals surface area contributed by atoms with Crippen LogP contribution in [0, 0.1) is 12.7 Å². The maximum absolute atomic E-state index is 15.0. The van der Waals surface area contributed by atoms with Crippen LogP contribution in [-0.4, -0.2) is 48.8 Å². The second kappa shape index (κ2) is 9.77. The summed E-state index contributed by atoms with van der Waals surface area (Å²) < 4.78 is 24.1. The Morgan fingerprint density at radius 2 is 2.03 bits per heavy atom. The molecule has 1 aliphatic heterocycles. The first kappa shape index (κ1) is 23.5. The van der Waals surface area contributed by atoms with E-state index in [2.05, 4.69) is 15.1 Å². The summed E-state index contributed by atoms with van der Waals surface area (Å²) in [5.74, 6) is 0.223. The number of halogens is 1. The molecular weight excluding hydrogens is 459 g/mol. The molecule has 0 aliphatic carbocycles. The van der Waals surface area contributed by atoms with Crippen molar-refractivity contribution in [1.29, 1.82) is 0 Å². The highest BCUT2D eigenvalue weighted by molar-refractivity contribution is 5.98. The summed E-state index contributed by atoms with van der Waals surface area (Å²) in [6.07, 6.45) is 9.96. The van der Waals surface area contributed by atoms with Gasteiger partial charge in [-0.05, 0) is 62.6 Å². The van der Waals surface area contributed by atoms with Crippen LogP contribution in [0.25, 0.3) is 17.5 Å². The number of carbonyl (C=O) groups is 1. The molecule has 0 N–H and O–H groups in total. The van der Waals surface area contributed by atoms with Crippen LogP contribution in [0.15, 0.2) is 67.2 Å². The molecule has 9 heteroatoms. The number of methoxy groups -OCH3 is 1. The molecule has 36 heavy (non-hydrogen) atoms. The van der Waals surface area contributed by atoms with Crippen molar-refractivity contribution in [1.82, 2.24) is 29.2 Å². The molecule has 184 valence electrons. The van der Waals surface area contributed by atoms with Gasteiger partial charge in [0, 0.05) is 23.9 Å². The molecule has 1 atom stereocenters. The summed E-state index contributed by atoms with van der Waals surface area (Å²) in [6.45, 7) is 4.36. The van der Waals surface area contributed by atoms with Crippen LogP contribution in [0.2, 0.25) is 0 Å². The highest BCUT2D eigenvalue weighted by Crippen LogP contribution is 2.32. The van der Waals surface area contributed by atoms with Crippen molar-refractivity contribution in [2.75, 3.05) is 13.7 Å². The zero-order chi connectivity index (χ0) is 25.2. The number of aryl methyl sites for hydroxylation is 1. The number of imidazole rings is 1. The maximum Gasteiger partial charge on any atom is 0.250 e. The molecule has 5 rings (SSSR count). The molecule has 1 fully saturated rings. The lowest BCUT2D eigenvalue weighted by Gasteiger charge is -2.34. The van der Waals surface area contributed by atoms with E-state index in [1.807, 2.05) is 48.9 Å². The smallest absolute Gasteiger partial charge is 0.250 e. The largest absolute Gasteiger partial charge is 0.495 e. The van der Waals surface area contributed by atoms with E-state index >= 15 is 4.39 Å². The van der Waals surface area contributed by atoms with Crippen LogP contribution in [0.4, 0.5) is 4.39 Å². The third-order valence-corrected chi connectivity index (χ3v) is 6.50. The topological polar surface area (TPSA) is 78.1 Å². The normalized spacial score (nSPS) is 15.9. The molecule has 0 bridgehead atoms. The number of hydrogen-bond donors (Lipinski definition) is 0. The first-order valence-electron chi connectivity index (χ1n) is 11.8. The van der Waals surface area contributed by atoms with E-state index in [-0.39, 0.29) is 11.7 Å². The Labute approximate surface area is 208 Å². The van der Waals surface area contributed by atoms with Gasteiger partial charge in [-0.3, -0.25) is 4.79 Å². The van der Waals surface area contributed by atoms with E-state index in [1.165, 1.54) is 23.4 Å². The van der Waals surface area contributed by atoms with Gasteiger partial charge in [-0.2, -0.15) is 5.10 Å². The zero-order valence-corrected chi connectivity index (χ0v) is 20.4. The number of likely N-dealkylation sites (tertiary alicyclic amines) is 1. The maximum atomic E-state index is 15.0. The molecule has 1 amide bonds. The Morgan fingerprint density at radius 3 is 2.72 bits per heavy atom. The van der Waals surface area contributed by atoms with E-state index in [9.17, 15) is 4.79 Å². The second-order valence-electron chi connectivity index (χ2n) is 8.85. The Hall–Kier alpha value is -4.27. The van der Waals surface area contributed by atoms with Crippen molar-refractivity contribution < 1.29 is 13.9 Å². The van der Waals surface area contributed by atoms with Crippen molar-refractivity contribution >= 4 is 12.0 Å². The number of rotatable bonds is 6. The fraction of sp³-hybridized carbons (Fsp3) is 0.259. The van der Waals surface area contributed by atoms with Crippen molar-refractivity contribution in [2.24, 2.45) is 0 Å². The third-order valence-electron chi connectivity index (χ3n) is 6.50. The molecule has 1 aliphatic rings. The molecule has 2 aromatic carbocycles. The van der Waals surface area contributed by atoms with Crippen LogP contribution in [-0.2, 0) is 4.79 Å². The zero-order valence-electron chi connectivity index (χ0n) is 20.4. The monoisotopic (exact) mass is 486 g/mol. The molecule has 0 spiro atoms. The minimum absolute atomic E-state index is 0.0817. The molecule has 0 radical (unpaired) electrons. The molecule has 0 saturated carbocycles. The van der Waals surface area contributed by atoms with Gasteiger partial charge in [0.25, 0.3) is 0 Å². The van der Waals surface area contributed by atoms with Gasteiger partial charge in [0.2, 0.25) is 5.91 Å². The first-order valence-corrected chi connectivity index (χ1v) is 11.8. The van der Waals surface area contributed by atoms with Crippen LogP contribution >= 0.6 is 0 Å². The summed E-state index contributed by atoms with van der Waals surface area (Å²) in [7, 11) is 1.62. The summed E-state index contributed by atoms with van der Waals surface area (Å²) >= 11 is 0. The van der Waals surface area contributed by atoms with Gasteiger partial charge in [-0.15, -0.1) is 0 Å². The number of amides is 1. The van der Waals surface area contributed by atoms with Crippen LogP contribution in [0.1, 0.15) is 42.6 Å². The summed E-state index contributed by atoms with van der Waals surface area (Å²) in [5.41, 5.74) is 4.39. The fourth-order valence-electron chi connectivity index (χ4n) is 4.59. The van der Waals surface area contributed by atoms with E-state index in [0.29, 0.717) is 35.5 Å². The van der Waals surface area contributed by atoms with E-state index in [4.69, 9.17) is 4.74 Å². The van der Waals surface area contributed by atoms with Gasteiger partial charge in [-0.25, -0.2) is 19.0 Å². The molecule has 1 saturated heterocycles. The molecule has 4 aromatic rings. The Kier molecular flexibility index (Phi) is 6.37. The Bertz CT molecular complexity index is 1430. The molecule has 0 unspecified atom stereocenters. The predicted molar refractivity (Wildman–Crippen MR) is 134 cm³/mol. The van der Waals surface area contributed by atoms with Crippen molar-refractivity contribution in [2.45, 2.75) is 32.7 Å². The SMILES string of the molecule is COc1cc(C=C2CCCN([C@H](C)c3ccc(-n4cncn4)cc3F)C2=O)ccc1-n1cnc(C)c1. The highest BCUT2D eigenvalue weighted by atomic mass is 19.1. The predicted octanol–water partition coefficient (Wildman–Crippen LogP) is 4.68. The van der Waals surface area contributed by atoms with Gasteiger partial charge in [-0.1, -0.05) is 12.1 Å². The molecule has 3 heterocycles. The average Bonchev–Trinajstić information content (AvgIpc) is 3.57. The Balaban J connectivity index is 1.38. The molecular formula is C27H27FN6O2. The van der Waals surface area contributed by atoms with Gasteiger partial charge < -0.3 is 14.2 Å². The minimum atomic E-state index is -0.410. The highest BCUT2D eigenvalue weighted by Gasteiger charge is 2.29. The number of aromatic nitrogens is 5. The number of piperidine rings is 1. The van der Waals surface area contributed by atoms with Crippen LogP contribution < -0.4 is 4.74 Å². The first-order chi connectivity index (χ1) is 17.4. The lowest BCUT2D eigenvalue weighted by Crippen LogP contribution is -2.39. The van der Waals surface area contributed by atoms with E-state index in [0.717, 1.165) is 23.4 Å². The standard InChI is InChI=1S/C27H27FN6O2/c1-18-14-32(17-30-18)25-9-6-20(12-26(25)36-3)11-21-5-4-10-33(27(21)35)19(2)23-8-7-22(13-24(23)28)34-16-29-15-31-34/h6-9,11-17,19H,4-5,10H2,1-3H3/t19-/m1/s1. The van der Waals surface area contributed by atoms with Gasteiger partial charge in [0.15, 0.2) is 0 Å². The number of carbonyl (C=O) groups excluding carboxylic acids is 1. The lowest BCUT2D eigenvalue weighted by molar-refractivity contribution is -0.130. The number of ether oxygens (including phenoxy) is 1. The number of benzene rings is 2. The third kappa shape index (κ3) is 4.51. The van der Waals surface area contributed by atoms with Crippen molar-refractivity contribution in [3.05, 3.63) is 89.8 Å². The lowest BCUT2D eigenvalue weighted by atomic mass is 9.97. The second-order valence-corrected chi connectivity index (χ2v) is 8.85. The Morgan fingerprint density at radius 1 is 1.17 bits per heavy atom. The van der Waals surface area contributed by atoms with E-state index in [1.54, 1.807) is 30.5 Å². The van der Waals surface area contributed by atoms with Crippen LogP contribution in [0.3, 0.4) is 0 Å². The minimum Gasteiger partial charge on any atom is -0.495 e. The molecule has 8 nitrogen and oxygen atoms in total. The average molecular weight is 487 g/mol. The van der Waals surface area contributed by atoms with E-state index < -0.39 is 6.04 Å². The fourth-order valence-corrected chi connectivity index (χ4v) is 4.59. The van der Waals surface area contributed by atoms with Crippen molar-refractivity contribution in [3.8, 4) is 17.1 Å². The summed E-state index contributed by atoms with van der Waals surface area (Å²) in [5, 5.41) is 4.04. The number of hydrogen-bond acceptors (Lipinski definition) is 5. The molecule has 2 aromatic heterocycles. The summed E-state index contributed by atoms with van der Waals surface area (Å²) in [4.78, 5) is 23.3. The quantitative estimate of drug-likeness (QED) is 0.370.